The van der Waals surface area contributed by atoms with Crippen LogP contribution in [0.5, 0.6) is 0 Å². The molecule has 1 aromatic heterocycles. The first-order valence-corrected chi connectivity index (χ1v) is 7.26. The topological polar surface area (TPSA) is 82.2 Å². The van der Waals surface area contributed by atoms with Crippen molar-refractivity contribution in [3.8, 4) is 0 Å². The molecule has 5 heteroatoms. The van der Waals surface area contributed by atoms with Gasteiger partial charge in [0.1, 0.15) is 0 Å². The lowest BCUT2D eigenvalue weighted by atomic mass is 9.84. The fourth-order valence-electron chi connectivity index (χ4n) is 3.05. The van der Waals surface area contributed by atoms with Crippen LogP contribution in [0.3, 0.4) is 0 Å². The first-order chi connectivity index (χ1) is 10.1. The number of nitrogens with one attached hydrogen (secondary N) is 2. The van der Waals surface area contributed by atoms with Gasteiger partial charge in [-0.1, -0.05) is 12.8 Å². The number of aromatic amines is 1. The lowest BCUT2D eigenvalue weighted by Crippen LogP contribution is -2.45. The minimum atomic E-state index is -0.818. The van der Waals surface area contributed by atoms with Gasteiger partial charge in [-0.15, -0.1) is 0 Å². The summed E-state index contributed by atoms with van der Waals surface area (Å²) < 4.78 is 0. The number of carboxylic acids is 1. The highest BCUT2D eigenvalue weighted by molar-refractivity contribution is 5.98. The Morgan fingerprint density at radius 1 is 1.19 bits per heavy atom. The minimum Gasteiger partial charge on any atom is -0.481 e. The molecule has 0 radical (unpaired) electrons. The molecule has 2 aromatic rings. The molecular formula is C16H18N2O3. The summed E-state index contributed by atoms with van der Waals surface area (Å²) in [5, 5.41) is 13.1. The number of hydrogen-bond acceptors (Lipinski definition) is 2. The van der Waals surface area contributed by atoms with Crippen LogP contribution in [0.1, 0.15) is 36.0 Å². The van der Waals surface area contributed by atoms with E-state index in [4.69, 9.17) is 0 Å². The zero-order valence-corrected chi connectivity index (χ0v) is 11.6. The van der Waals surface area contributed by atoms with E-state index in [2.05, 4.69) is 10.3 Å². The molecule has 3 N–H and O–H groups in total. The molecule has 1 fully saturated rings. The van der Waals surface area contributed by atoms with Gasteiger partial charge in [0.15, 0.2) is 0 Å². The molecule has 21 heavy (non-hydrogen) atoms. The maximum Gasteiger partial charge on any atom is 0.308 e. The van der Waals surface area contributed by atoms with Gasteiger partial charge in [-0.25, -0.2) is 0 Å². The molecule has 0 aliphatic heterocycles. The monoisotopic (exact) mass is 286 g/mol. The van der Waals surface area contributed by atoms with Crippen molar-refractivity contribution in [2.75, 3.05) is 0 Å². The summed E-state index contributed by atoms with van der Waals surface area (Å²) in [6, 6.07) is 7.07. The van der Waals surface area contributed by atoms with E-state index in [9.17, 15) is 14.7 Å². The highest BCUT2D eigenvalue weighted by Gasteiger charge is 2.31. The van der Waals surface area contributed by atoms with Crippen LogP contribution in [0.25, 0.3) is 10.9 Å². The van der Waals surface area contributed by atoms with E-state index in [1.54, 1.807) is 6.07 Å². The van der Waals surface area contributed by atoms with Crippen LogP contribution in [-0.2, 0) is 4.79 Å². The molecule has 1 aromatic carbocycles. The lowest BCUT2D eigenvalue weighted by molar-refractivity contribution is -0.143. The molecule has 1 amide bonds. The van der Waals surface area contributed by atoms with E-state index in [-0.39, 0.29) is 11.9 Å². The van der Waals surface area contributed by atoms with Crippen molar-refractivity contribution >= 4 is 22.8 Å². The first kappa shape index (κ1) is 13.7. The number of rotatable bonds is 3. The highest BCUT2D eigenvalue weighted by Crippen LogP contribution is 2.25. The minimum absolute atomic E-state index is 0.198. The maximum absolute atomic E-state index is 12.3. The normalized spacial score (nSPS) is 22.1. The Labute approximate surface area is 122 Å². The molecule has 1 aliphatic rings. The SMILES string of the molecule is O=C(N[C@H]1CCCC[C@H]1C(=O)O)c1ccc2[nH]ccc2c1. The number of benzene rings is 1. The molecule has 1 heterocycles. The van der Waals surface area contributed by atoms with Crippen molar-refractivity contribution in [1.82, 2.24) is 10.3 Å². The molecule has 5 nitrogen and oxygen atoms in total. The summed E-state index contributed by atoms with van der Waals surface area (Å²) in [5.74, 6) is -1.49. The smallest absolute Gasteiger partial charge is 0.308 e. The van der Waals surface area contributed by atoms with Crippen LogP contribution in [0.2, 0.25) is 0 Å². The van der Waals surface area contributed by atoms with E-state index < -0.39 is 11.9 Å². The first-order valence-electron chi connectivity index (χ1n) is 7.26. The Morgan fingerprint density at radius 2 is 2.00 bits per heavy atom. The van der Waals surface area contributed by atoms with Crippen LogP contribution in [0.4, 0.5) is 0 Å². The summed E-state index contributed by atoms with van der Waals surface area (Å²) in [6.45, 7) is 0. The van der Waals surface area contributed by atoms with Gasteiger partial charge < -0.3 is 15.4 Å². The van der Waals surface area contributed by atoms with E-state index in [0.717, 1.165) is 30.2 Å². The molecular weight excluding hydrogens is 268 g/mol. The zero-order chi connectivity index (χ0) is 14.8. The van der Waals surface area contributed by atoms with Gasteiger partial charge in [0.25, 0.3) is 5.91 Å². The van der Waals surface area contributed by atoms with Crippen molar-refractivity contribution in [3.05, 3.63) is 36.0 Å². The number of H-pyrrole nitrogens is 1. The summed E-state index contributed by atoms with van der Waals surface area (Å²) in [5.41, 5.74) is 1.55. The number of carboxylic acid groups (broad SMARTS) is 1. The molecule has 0 bridgehead atoms. The van der Waals surface area contributed by atoms with Crippen molar-refractivity contribution in [2.45, 2.75) is 31.7 Å². The summed E-state index contributed by atoms with van der Waals surface area (Å²) >= 11 is 0. The lowest BCUT2D eigenvalue weighted by Gasteiger charge is -2.29. The number of fused-ring (bicyclic) bond motifs is 1. The molecule has 0 saturated heterocycles. The largest absolute Gasteiger partial charge is 0.481 e. The number of amides is 1. The van der Waals surface area contributed by atoms with Gasteiger partial charge in [-0.05, 0) is 37.1 Å². The van der Waals surface area contributed by atoms with E-state index in [1.807, 2.05) is 24.4 Å². The van der Waals surface area contributed by atoms with Crippen molar-refractivity contribution in [2.24, 2.45) is 5.92 Å². The van der Waals surface area contributed by atoms with Crippen LogP contribution in [-0.4, -0.2) is 28.0 Å². The van der Waals surface area contributed by atoms with Gasteiger partial charge in [0, 0.05) is 28.7 Å². The van der Waals surface area contributed by atoms with Gasteiger partial charge in [-0.3, -0.25) is 9.59 Å². The van der Waals surface area contributed by atoms with Crippen molar-refractivity contribution in [1.29, 1.82) is 0 Å². The molecule has 3 rings (SSSR count). The van der Waals surface area contributed by atoms with Crippen LogP contribution >= 0.6 is 0 Å². The molecule has 1 saturated carbocycles. The predicted octanol–water partition coefficient (Wildman–Crippen LogP) is 2.54. The number of aliphatic carboxylic acids is 1. The zero-order valence-electron chi connectivity index (χ0n) is 11.6. The summed E-state index contributed by atoms with van der Waals surface area (Å²) in [7, 11) is 0. The Morgan fingerprint density at radius 3 is 2.81 bits per heavy atom. The Balaban J connectivity index is 1.76. The third-order valence-corrected chi connectivity index (χ3v) is 4.22. The maximum atomic E-state index is 12.3. The van der Waals surface area contributed by atoms with Crippen LogP contribution in [0.15, 0.2) is 30.5 Å². The molecule has 2 atom stereocenters. The molecule has 0 unspecified atom stereocenters. The average molecular weight is 286 g/mol. The number of carbonyl (C=O) groups is 2. The van der Waals surface area contributed by atoms with Crippen molar-refractivity contribution < 1.29 is 14.7 Å². The standard InChI is InChI=1S/C16H18N2O3/c19-15(11-5-6-13-10(9-11)7-8-17-13)18-14-4-2-1-3-12(14)16(20)21/h5-9,12,14,17H,1-4H2,(H,18,19)(H,20,21)/t12-,14+/m1/s1. The molecule has 0 spiro atoms. The summed E-state index contributed by atoms with van der Waals surface area (Å²) in [6.07, 6.45) is 5.07. The van der Waals surface area contributed by atoms with Gasteiger partial charge in [0.2, 0.25) is 0 Å². The van der Waals surface area contributed by atoms with Gasteiger partial charge in [0.05, 0.1) is 5.92 Å². The van der Waals surface area contributed by atoms with Crippen LogP contribution < -0.4 is 5.32 Å². The van der Waals surface area contributed by atoms with E-state index in [1.165, 1.54) is 0 Å². The number of aromatic nitrogens is 1. The molecule has 1 aliphatic carbocycles. The molecule has 110 valence electrons. The van der Waals surface area contributed by atoms with Crippen molar-refractivity contribution in [3.63, 3.8) is 0 Å². The van der Waals surface area contributed by atoms with Gasteiger partial charge >= 0.3 is 5.97 Å². The fourth-order valence-corrected chi connectivity index (χ4v) is 3.05. The Bertz CT molecular complexity index is 677. The quantitative estimate of drug-likeness (QED) is 0.811. The number of hydrogen-bond donors (Lipinski definition) is 3. The second-order valence-electron chi connectivity index (χ2n) is 5.59. The third-order valence-electron chi connectivity index (χ3n) is 4.22. The van der Waals surface area contributed by atoms with E-state index >= 15 is 0 Å². The fraction of sp³-hybridized carbons (Fsp3) is 0.375. The van der Waals surface area contributed by atoms with Gasteiger partial charge in [-0.2, -0.15) is 0 Å². The average Bonchev–Trinajstić information content (AvgIpc) is 2.94. The second kappa shape index (κ2) is 5.60. The Kier molecular flexibility index (Phi) is 3.64. The third kappa shape index (κ3) is 2.77. The number of carbonyl (C=O) groups excluding carboxylic acids is 1. The highest BCUT2D eigenvalue weighted by atomic mass is 16.4. The van der Waals surface area contributed by atoms with E-state index in [0.29, 0.717) is 12.0 Å². The Hall–Kier alpha value is -2.30. The van der Waals surface area contributed by atoms with Crippen LogP contribution in [0, 0.1) is 5.92 Å². The predicted molar refractivity (Wildman–Crippen MR) is 79.1 cm³/mol. The summed E-state index contributed by atoms with van der Waals surface area (Å²) in [4.78, 5) is 26.7. The second-order valence-corrected chi connectivity index (χ2v) is 5.59.